The lowest BCUT2D eigenvalue weighted by Gasteiger charge is -2.18. The van der Waals surface area contributed by atoms with Crippen LogP contribution in [-0.2, 0) is 4.79 Å². The number of rotatable bonds is 12. The smallest absolute Gasteiger partial charge is 0.272 e. The van der Waals surface area contributed by atoms with Crippen molar-refractivity contribution < 1.29 is 19.1 Å². The number of amides is 2. The number of hydrogen-bond donors (Lipinski definition) is 1. The monoisotopic (exact) mass is 504 g/mol. The second kappa shape index (κ2) is 12.8. The zero-order valence-corrected chi connectivity index (χ0v) is 22.3. The number of hydrogen-bond acceptors (Lipinski definition) is 5. The number of methoxy groups -OCH3 is 1. The number of carbonyl (C=O) groups is 2. The number of aromatic amines is 1. The molecular weight excluding hydrogens is 468 g/mol. The van der Waals surface area contributed by atoms with Crippen LogP contribution in [0.2, 0.25) is 0 Å². The third-order valence-electron chi connectivity index (χ3n) is 6.22. The number of nitrogens with zero attached hydrogens (tertiary/aromatic N) is 3. The van der Waals surface area contributed by atoms with Gasteiger partial charge in [0.15, 0.2) is 0 Å². The molecule has 0 radical (unpaired) electrons. The fourth-order valence-corrected chi connectivity index (χ4v) is 4.17. The van der Waals surface area contributed by atoms with E-state index in [1.807, 2.05) is 58.0 Å². The van der Waals surface area contributed by atoms with E-state index in [9.17, 15) is 9.59 Å². The predicted molar refractivity (Wildman–Crippen MR) is 147 cm³/mol. The molecule has 37 heavy (non-hydrogen) atoms. The van der Waals surface area contributed by atoms with E-state index in [0.717, 1.165) is 0 Å². The van der Waals surface area contributed by atoms with Crippen molar-refractivity contribution in [3.63, 3.8) is 0 Å². The van der Waals surface area contributed by atoms with Crippen LogP contribution in [0, 0.1) is 0 Å². The summed E-state index contributed by atoms with van der Waals surface area (Å²) in [7, 11) is 1.60. The molecule has 2 heterocycles. The van der Waals surface area contributed by atoms with Gasteiger partial charge in [0.05, 0.1) is 12.8 Å². The lowest BCUT2D eigenvalue weighted by atomic mass is 9.99. The van der Waals surface area contributed by atoms with Gasteiger partial charge in [-0.2, -0.15) is 0 Å². The van der Waals surface area contributed by atoms with Gasteiger partial charge in [-0.1, -0.05) is 12.7 Å². The molecule has 8 nitrogen and oxygen atoms in total. The summed E-state index contributed by atoms with van der Waals surface area (Å²) in [5.74, 6) is 1.02. The lowest BCUT2D eigenvalue weighted by Crippen LogP contribution is -2.35. The van der Waals surface area contributed by atoms with E-state index in [2.05, 4.69) is 11.6 Å². The van der Waals surface area contributed by atoms with E-state index < -0.39 is 0 Å². The molecule has 1 aromatic heterocycles. The number of benzene rings is 1. The molecule has 0 unspecified atom stereocenters. The van der Waals surface area contributed by atoms with E-state index in [1.165, 1.54) is 0 Å². The van der Waals surface area contributed by atoms with Gasteiger partial charge in [-0.25, -0.2) is 4.99 Å². The topological polar surface area (TPSA) is 87.2 Å². The van der Waals surface area contributed by atoms with Crippen molar-refractivity contribution in [1.29, 1.82) is 0 Å². The van der Waals surface area contributed by atoms with Crippen molar-refractivity contribution in [2.45, 2.75) is 27.7 Å². The average Bonchev–Trinajstić information content (AvgIpc) is 3.60. The third-order valence-corrected chi connectivity index (χ3v) is 6.22. The Hall–Kier alpha value is -4.07. The summed E-state index contributed by atoms with van der Waals surface area (Å²) < 4.78 is 11.5. The number of aliphatic imine (C=N–C) groups is 1. The molecule has 1 aromatic carbocycles. The maximum atomic E-state index is 13.0. The van der Waals surface area contributed by atoms with Crippen molar-refractivity contribution in [2.75, 3.05) is 39.9 Å². The highest BCUT2D eigenvalue weighted by molar-refractivity contribution is 6.44. The number of nitrogens with one attached hydrogen (secondary N) is 1. The molecule has 0 bridgehead atoms. The van der Waals surface area contributed by atoms with E-state index in [0.29, 0.717) is 78.2 Å². The highest BCUT2D eigenvalue weighted by Crippen LogP contribution is 2.38. The van der Waals surface area contributed by atoms with Gasteiger partial charge < -0.3 is 24.3 Å². The highest BCUT2D eigenvalue weighted by Gasteiger charge is 2.25. The largest absolute Gasteiger partial charge is 0.497 e. The van der Waals surface area contributed by atoms with Crippen LogP contribution in [0.5, 0.6) is 11.5 Å². The Bertz CT molecular complexity index is 1230. The van der Waals surface area contributed by atoms with Crippen molar-refractivity contribution in [1.82, 2.24) is 14.8 Å². The summed E-state index contributed by atoms with van der Waals surface area (Å²) >= 11 is 0. The van der Waals surface area contributed by atoms with Gasteiger partial charge in [0.25, 0.3) is 11.8 Å². The first-order valence-corrected chi connectivity index (χ1v) is 12.6. The summed E-state index contributed by atoms with van der Waals surface area (Å²) in [5, 5.41) is 0. The van der Waals surface area contributed by atoms with Crippen molar-refractivity contribution in [3.05, 3.63) is 77.8 Å². The minimum absolute atomic E-state index is 0.0859. The molecule has 8 heteroatoms. The zero-order chi connectivity index (χ0) is 26.9. The van der Waals surface area contributed by atoms with Gasteiger partial charge in [-0.3, -0.25) is 9.59 Å². The normalized spacial score (nSPS) is 13.7. The van der Waals surface area contributed by atoms with Crippen LogP contribution in [0.25, 0.3) is 5.57 Å². The molecule has 1 aliphatic rings. The Morgan fingerprint density at radius 1 is 0.946 bits per heavy atom. The van der Waals surface area contributed by atoms with E-state index in [4.69, 9.17) is 14.5 Å². The molecule has 1 N–H and O–H groups in total. The van der Waals surface area contributed by atoms with Crippen LogP contribution in [-0.4, -0.2) is 72.2 Å². The van der Waals surface area contributed by atoms with Crippen LogP contribution in [0.15, 0.2) is 65.8 Å². The highest BCUT2D eigenvalue weighted by atomic mass is 16.5. The van der Waals surface area contributed by atoms with Crippen molar-refractivity contribution in [3.8, 4) is 11.5 Å². The van der Waals surface area contributed by atoms with Crippen LogP contribution in [0.4, 0.5) is 0 Å². The average molecular weight is 505 g/mol. The van der Waals surface area contributed by atoms with Gasteiger partial charge in [0, 0.05) is 43.0 Å². The van der Waals surface area contributed by atoms with Crippen molar-refractivity contribution >= 4 is 23.1 Å². The zero-order valence-electron chi connectivity index (χ0n) is 22.3. The summed E-state index contributed by atoms with van der Waals surface area (Å²) in [4.78, 5) is 37.5. The van der Waals surface area contributed by atoms with Gasteiger partial charge in [-0.05, 0) is 70.2 Å². The van der Waals surface area contributed by atoms with Crippen LogP contribution >= 0.6 is 0 Å². The van der Waals surface area contributed by atoms with E-state index >= 15 is 0 Å². The first kappa shape index (κ1) is 27.5. The molecule has 0 spiro atoms. The van der Waals surface area contributed by atoms with Crippen LogP contribution < -0.4 is 9.47 Å². The second-order valence-electron chi connectivity index (χ2n) is 8.29. The summed E-state index contributed by atoms with van der Waals surface area (Å²) in [6.45, 7) is 14.2. The first-order chi connectivity index (χ1) is 17.9. The molecule has 3 rings (SSSR count). The number of allylic oxidation sites excluding steroid dienone is 1. The Labute approximate surface area is 219 Å². The molecule has 0 saturated heterocycles. The first-order valence-electron chi connectivity index (χ1n) is 12.6. The quantitative estimate of drug-likeness (QED) is 0.424. The minimum atomic E-state index is -0.131. The molecule has 0 aliphatic carbocycles. The maximum absolute atomic E-state index is 13.0. The number of carbonyl (C=O) groups excluding carboxylic acids is 2. The van der Waals surface area contributed by atoms with Crippen LogP contribution in [0.3, 0.4) is 0 Å². The minimum Gasteiger partial charge on any atom is -0.497 e. The summed E-state index contributed by atoms with van der Waals surface area (Å²) in [6.07, 6.45) is 5.21. The number of ether oxygens (including phenoxy) is 2. The lowest BCUT2D eigenvalue weighted by molar-refractivity contribution is -0.123. The second-order valence-corrected chi connectivity index (χ2v) is 8.29. The molecule has 2 aromatic rings. The Kier molecular flexibility index (Phi) is 9.49. The van der Waals surface area contributed by atoms with Gasteiger partial charge in [0.2, 0.25) is 0 Å². The number of H-pyrrole nitrogens is 1. The predicted octanol–water partition coefficient (Wildman–Crippen LogP) is 4.71. The number of aromatic nitrogens is 1. The molecule has 0 saturated carbocycles. The molecule has 2 amide bonds. The summed E-state index contributed by atoms with van der Waals surface area (Å²) in [5.41, 5.74) is 3.49. The third kappa shape index (κ3) is 6.02. The molecule has 0 atom stereocenters. The summed E-state index contributed by atoms with van der Waals surface area (Å²) in [6, 6.07) is 9.13. The molecule has 196 valence electrons. The Balaban J connectivity index is 2.22. The standard InChI is InChI=1S/C29H36N4O4/c1-7-18-37-26-17-12-20(36-6)19-21(26)27(22-13-15-24(30-22)28(34)32(8-2)9-3)23-14-16-25(31-23)29(35)33(10-4)11-5/h7,12-17,19,30H,1,8-11,18H2,2-6H3/b27-23-. The SMILES string of the molecule is C=CCOc1ccc(OC)cc1/C(=C1\C=CC(C(=O)N(CC)CC)=N1)c1ccc(C(=O)N(CC)CC)[nH]1. The maximum Gasteiger partial charge on any atom is 0.272 e. The fraction of sp³-hybridized carbons (Fsp3) is 0.345. The van der Waals surface area contributed by atoms with Gasteiger partial charge in [-0.15, -0.1) is 0 Å². The molecule has 1 aliphatic heterocycles. The van der Waals surface area contributed by atoms with Gasteiger partial charge in [0.1, 0.15) is 29.5 Å². The molecule has 0 fully saturated rings. The Morgan fingerprint density at radius 3 is 2.22 bits per heavy atom. The fourth-order valence-electron chi connectivity index (χ4n) is 4.17. The Morgan fingerprint density at radius 2 is 1.59 bits per heavy atom. The van der Waals surface area contributed by atoms with Gasteiger partial charge >= 0.3 is 0 Å². The molecular formula is C29H36N4O4. The van der Waals surface area contributed by atoms with E-state index in [1.54, 1.807) is 35.1 Å². The van der Waals surface area contributed by atoms with E-state index in [-0.39, 0.29) is 11.8 Å². The van der Waals surface area contributed by atoms with Crippen LogP contribution in [0.1, 0.15) is 49.4 Å². The van der Waals surface area contributed by atoms with Crippen molar-refractivity contribution in [2.24, 2.45) is 4.99 Å².